The first kappa shape index (κ1) is 11.7. The van der Waals surface area contributed by atoms with Crippen LogP contribution >= 0.6 is 0 Å². The predicted octanol–water partition coefficient (Wildman–Crippen LogP) is 0.237. The number of hydrogen-bond donors (Lipinski definition) is 1. The number of ether oxygens (including phenoxy) is 1. The number of nitrogens with two attached hydrogens (primary N) is 1. The fraction of sp³-hybridized carbons (Fsp3) is 0.600. The van der Waals surface area contributed by atoms with Crippen LogP contribution in [0.15, 0.2) is 17.2 Å². The van der Waals surface area contributed by atoms with Gasteiger partial charge in [0.25, 0.3) is 5.88 Å². The summed E-state index contributed by atoms with van der Waals surface area (Å²) < 4.78 is 6.74. The van der Waals surface area contributed by atoms with Crippen LogP contribution in [0.2, 0.25) is 0 Å². The molecule has 15 heavy (non-hydrogen) atoms. The summed E-state index contributed by atoms with van der Waals surface area (Å²) in [5.74, 6) is 0.538. The molecule has 1 heterocycles. The summed E-state index contributed by atoms with van der Waals surface area (Å²) in [4.78, 5) is 15.6. The molecule has 0 radical (unpaired) electrons. The van der Waals surface area contributed by atoms with Crippen LogP contribution in [0.1, 0.15) is 13.8 Å². The molecule has 0 aromatic carbocycles. The molecule has 5 heteroatoms. The highest BCUT2D eigenvalue weighted by Gasteiger charge is 2.06. The standard InChI is InChI=1S/C10H17N3O2/c1-8(2)7-13-5-4-12-9(10(13)14)15-6-3-11/h4-5,8H,3,6-7,11H2,1-2H3. The second kappa shape index (κ2) is 5.50. The van der Waals surface area contributed by atoms with Crippen LogP contribution < -0.4 is 16.0 Å². The molecule has 0 atom stereocenters. The van der Waals surface area contributed by atoms with E-state index in [1.165, 1.54) is 0 Å². The fourth-order valence-electron chi connectivity index (χ4n) is 1.22. The number of hydrogen-bond acceptors (Lipinski definition) is 4. The van der Waals surface area contributed by atoms with Crippen LogP contribution in [0.5, 0.6) is 5.88 Å². The minimum atomic E-state index is -0.195. The Bertz CT molecular complexity index is 360. The van der Waals surface area contributed by atoms with Gasteiger partial charge < -0.3 is 15.0 Å². The van der Waals surface area contributed by atoms with Crippen molar-refractivity contribution in [1.82, 2.24) is 9.55 Å². The third-order valence-corrected chi connectivity index (χ3v) is 1.80. The Morgan fingerprint density at radius 3 is 2.93 bits per heavy atom. The highest BCUT2D eigenvalue weighted by atomic mass is 16.5. The van der Waals surface area contributed by atoms with Crippen molar-refractivity contribution in [1.29, 1.82) is 0 Å². The number of nitrogens with zero attached hydrogens (tertiary/aromatic N) is 2. The lowest BCUT2D eigenvalue weighted by Crippen LogP contribution is -2.25. The molecular formula is C10H17N3O2. The highest BCUT2D eigenvalue weighted by Crippen LogP contribution is 1.99. The van der Waals surface area contributed by atoms with Gasteiger partial charge in [-0.3, -0.25) is 4.79 Å². The molecule has 0 spiro atoms. The third-order valence-electron chi connectivity index (χ3n) is 1.80. The highest BCUT2D eigenvalue weighted by molar-refractivity contribution is 5.04. The molecule has 84 valence electrons. The van der Waals surface area contributed by atoms with Crippen LogP contribution in [0.3, 0.4) is 0 Å². The second-order valence-electron chi connectivity index (χ2n) is 3.72. The zero-order valence-corrected chi connectivity index (χ0v) is 9.14. The minimum absolute atomic E-state index is 0.128. The van der Waals surface area contributed by atoms with Crippen LogP contribution in [0.25, 0.3) is 0 Å². The van der Waals surface area contributed by atoms with Gasteiger partial charge in [-0.25, -0.2) is 4.98 Å². The van der Waals surface area contributed by atoms with Crippen molar-refractivity contribution in [2.45, 2.75) is 20.4 Å². The topological polar surface area (TPSA) is 70.1 Å². The Morgan fingerprint density at radius 1 is 1.60 bits per heavy atom. The van der Waals surface area contributed by atoms with Gasteiger partial charge in [0, 0.05) is 25.5 Å². The van der Waals surface area contributed by atoms with Crippen LogP contribution in [0, 0.1) is 5.92 Å². The van der Waals surface area contributed by atoms with E-state index in [1.807, 2.05) is 13.8 Å². The van der Waals surface area contributed by atoms with Crippen molar-refractivity contribution < 1.29 is 4.74 Å². The van der Waals surface area contributed by atoms with Gasteiger partial charge in [-0.2, -0.15) is 0 Å². The first-order valence-corrected chi connectivity index (χ1v) is 5.03. The quantitative estimate of drug-likeness (QED) is 0.757. The van der Waals surface area contributed by atoms with Crippen molar-refractivity contribution in [2.24, 2.45) is 11.7 Å². The maximum absolute atomic E-state index is 11.7. The monoisotopic (exact) mass is 211 g/mol. The van der Waals surface area contributed by atoms with E-state index < -0.39 is 0 Å². The smallest absolute Gasteiger partial charge is 0.313 e. The summed E-state index contributed by atoms with van der Waals surface area (Å²) in [5.41, 5.74) is 5.09. The van der Waals surface area contributed by atoms with Gasteiger partial charge in [0.05, 0.1) is 0 Å². The van der Waals surface area contributed by atoms with E-state index in [2.05, 4.69) is 4.98 Å². The van der Waals surface area contributed by atoms with E-state index in [9.17, 15) is 4.79 Å². The zero-order chi connectivity index (χ0) is 11.3. The fourth-order valence-corrected chi connectivity index (χ4v) is 1.22. The molecule has 5 nitrogen and oxygen atoms in total. The van der Waals surface area contributed by atoms with Gasteiger partial charge in [0.2, 0.25) is 0 Å². The first-order valence-electron chi connectivity index (χ1n) is 5.03. The Morgan fingerprint density at radius 2 is 2.33 bits per heavy atom. The Kier molecular flexibility index (Phi) is 4.30. The van der Waals surface area contributed by atoms with Crippen LogP contribution in [0.4, 0.5) is 0 Å². The average Bonchev–Trinajstić information content (AvgIpc) is 2.19. The average molecular weight is 211 g/mol. The molecule has 0 fully saturated rings. The second-order valence-corrected chi connectivity index (χ2v) is 3.72. The summed E-state index contributed by atoms with van der Waals surface area (Å²) in [5, 5.41) is 0. The largest absolute Gasteiger partial charge is 0.472 e. The van der Waals surface area contributed by atoms with Gasteiger partial charge in [0.1, 0.15) is 6.61 Å². The van der Waals surface area contributed by atoms with E-state index >= 15 is 0 Å². The molecule has 1 aromatic heterocycles. The van der Waals surface area contributed by atoms with Crippen molar-refractivity contribution in [3.63, 3.8) is 0 Å². The molecule has 0 saturated carbocycles. The van der Waals surface area contributed by atoms with Crippen LogP contribution in [-0.2, 0) is 6.54 Å². The molecule has 0 aliphatic carbocycles. The number of aromatic nitrogens is 2. The summed E-state index contributed by atoms with van der Waals surface area (Å²) in [6, 6.07) is 0. The summed E-state index contributed by atoms with van der Waals surface area (Å²) in [6.45, 7) is 5.45. The molecule has 0 aliphatic rings. The van der Waals surface area contributed by atoms with E-state index in [0.717, 1.165) is 0 Å². The lowest BCUT2D eigenvalue weighted by Gasteiger charge is -2.09. The maximum Gasteiger partial charge on any atom is 0.313 e. The van der Waals surface area contributed by atoms with E-state index in [1.54, 1.807) is 17.0 Å². The van der Waals surface area contributed by atoms with Crippen LogP contribution in [-0.4, -0.2) is 22.7 Å². The molecule has 1 aromatic rings. The van der Waals surface area contributed by atoms with Crippen molar-refractivity contribution in [2.75, 3.05) is 13.2 Å². The Labute approximate surface area is 88.9 Å². The van der Waals surface area contributed by atoms with E-state index in [0.29, 0.717) is 25.6 Å². The van der Waals surface area contributed by atoms with Crippen molar-refractivity contribution in [3.05, 3.63) is 22.7 Å². The van der Waals surface area contributed by atoms with Gasteiger partial charge in [-0.15, -0.1) is 0 Å². The molecule has 0 amide bonds. The zero-order valence-electron chi connectivity index (χ0n) is 9.14. The van der Waals surface area contributed by atoms with Gasteiger partial charge in [-0.1, -0.05) is 13.8 Å². The molecule has 0 saturated heterocycles. The van der Waals surface area contributed by atoms with Gasteiger partial charge >= 0.3 is 5.56 Å². The predicted molar refractivity (Wildman–Crippen MR) is 57.9 cm³/mol. The lowest BCUT2D eigenvalue weighted by molar-refractivity contribution is 0.305. The van der Waals surface area contributed by atoms with Gasteiger partial charge in [0.15, 0.2) is 0 Å². The summed E-state index contributed by atoms with van der Waals surface area (Å²) in [6.07, 6.45) is 3.23. The summed E-state index contributed by atoms with van der Waals surface area (Å²) >= 11 is 0. The number of rotatable bonds is 5. The third kappa shape index (κ3) is 3.36. The molecular weight excluding hydrogens is 194 g/mol. The maximum atomic E-state index is 11.7. The SMILES string of the molecule is CC(C)Cn1ccnc(OCCN)c1=O. The summed E-state index contributed by atoms with van der Waals surface area (Å²) in [7, 11) is 0. The Balaban J connectivity index is 2.85. The lowest BCUT2D eigenvalue weighted by atomic mass is 10.2. The van der Waals surface area contributed by atoms with Crippen molar-refractivity contribution >= 4 is 0 Å². The molecule has 2 N–H and O–H groups in total. The molecule has 0 bridgehead atoms. The normalized spacial score (nSPS) is 10.7. The van der Waals surface area contributed by atoms with E-state index in [4.69, 9.17) is 10.5 Å². The molecule has 1 rings (SSSR count). The Hall–Kier alpha value is -1.36. The first-order chi connectivity index (χ1) is 7.15. The molecule has 0 unspecified atom stereocenters. The van der Waals surface area contributed by atoms with E-state index in [-0.39, 0.29) is 11.4 Å². The van der Waals surface area contributed by atoms with Crippen molar-refractivity contribution in [3.8, 4) is 5.88 Å². The molecule has 0 aliphatic heterocycles. The minimum Gasteiger partial charge on any atom is -0.472 e. The van der Waals surface area contributed by atoms with Gasteiger partial charge in [-0.05, 0) is 5.92 Å².